The van der Waals surface area contributed by atoms with Crippen molar-refractivity contribution in [1.82, 2.24) is 0 Å². The van der Waals surface area contributed by atoms with Gasteiger partial charge in [-0.15, -0.1) is 0 Å². The third-order valence-corrected chi connectivity index (χ3v) is 6.18. The minimum atomic E-state index is -1.54. The Morgan fingerprint density at radius 1 is 1.05 bits per heavy atom. The van der Waals surface area contributed by atoms with Gasteiger partial charge in [0.1, 0.15) is 0 Å². The summed E-state index contributed by atoms with van der Waals surface area (Å²) < 4.78 is 6.73. The Morgan fingerprint density at radius 3 is 2.25 bits per heavy atom. The maximum atomic E-state index is 9.61. The number of aliphatic hydroxyl groups is 3. The molecular weight excluding hydrogens is 373 g/mol. The normalized spacial score (nSPS) is 17.1. The Kier molecular flexibility index (Phi) is 12.4. The number of hydrogen-bond acceptors (Lipinski definition) is 5. The number of hydrogen-bond donors (Lipinski definition) is 4. The summed E-state index contributed by atoms with van der Waals surface area (Å²) in [5, 5.41) is 27.2. The van der Waals surface area contributed by atoms with Gasteiger partial charge >= 0.3 is 120 Å². The molecule has 20 heavy (non-hydrogen) atoms. The third kappa shape index (κ3) is 12.3. The van der Waals surface area contributed by atoms with E-state index in [2.05, 4.69) is 16.8 Å². The van der Waals surface area contributed by atoms with Gasteiger partial charge in [0.05, 0.1) is 0 Å². The quantitative estimate of drug-likeness (QED) is 0.223. The van der Waals surface area contributed by atoms with Gasteiger partial charge in [-0.1, -0.05) is 0 Å². The van der Waals surface area contributed by atoms with E-state index in [0.717, 1.165) is 6.42 Å². The standard InChI is InChI=1S/C14H32INO4/c1-11(5-4-9-15(2)3)8-10-20-13(17)7-6-12(16)14(18)19/h11-14,17-19H,4-10,16H2,1-3H3. The van der Waals surface area contributed by atoms with Gasteiger partial charge in [-0.05, 0) is 0 Å². The second kappa shape index (κ2) is 12.1. The van der Waals surface area contributed by atoms with Crippen LogP contribution in [-0.4, -0.2) is 54.8 Å². The van der Waals surface area contributed by atoms with Crippen molar-refractivity contribution >= 4 is 19.8 Å². The van der Waals surface area contributed by atoms with Gasteiger partial charge in [0.2, 0.25) is 0 Å². The van der Waals surface area contributed by atoms with Crippen LogP contribution in [0, 0.1) is 5.92 Å². The molecule has 0 aliphatic carbocycles. The van der Waals surface area contributed by atoms with Crippen LogP contribution in [-0.2, 0) is 4.74 Å². The summed E-state index contributed by atoms with van der Waals surface area (Å²) in [5.41, 5.74) is 5.46. The first-order valence-electron chi connectivity index (χ1n) is 7.20. The van der Waals surface area contributed by atoms with E-state index in [1.54, 1.807) is 0 Å². The van der Waals surface area contributed by atoms with Crippen LogP contribution in [0.25, 0.3) is 0 Å². The molecule has 124 valence electrons. The van der Waals surface area contributed by atoms with Gasteiger partial charge < -0.3 is 10.2 Å². The third-order valence-electron chi connectivity index (χ3n) is 3.26. The van der Waals surface area contributed by atoms with Gasteiger partial charge in [-0.25, -0.2) is 0 Å². The molecule has 5 nitrogen and oxygen atoms in total. The van der Waals surface area contributed by atoms with E-state index in [-0.39, 0.29) is 0 Å². The van der Waals surface area contributed by atoms with E-state index in [0.29, 0.717) is 25.4 Å². The summed E-state index contributed by atoms with van der Waals surface area (Å²) >= 11 is -0.576. The molecule has 0 fully saturated rings. The molecule has 0 bridgehead atoms. The van der Waals surface area contributed by atoms with Crippen LogP contribution in [0.5, 0.6) is 0 Å². The van der Waals surface area contributed by atoms with E-state index >= 15 is 0 Å². The van der Waals surface area contributed by atoms with Crippen molar-refractivity contribution in [1.29, 1.82) is 0 Å². The molecule has 0 aromatic rings. The first-order valence-corrected chi connectivity index (χ1v) is 13.0. The van der Waals surface area contributed by atoms with Crippen molar-refractivity contribution in [2.75, 3.05) is 20.9 Å². The molecule has 0 aromatic carbocycles. The Morgan fingerprint density at radius 2 is 1.70 bits per heavy atom. The van der Waals surface area contributed by atoms with Crippen LogP contribution < -0.4 is 5.73 Å². The summed E-state index contributed by atoms with van der Waals surface area (Å²) in [5.74, 6) is 0.625. The molecule has 0 heterocycles. The van der Waals surface area contributed by atoms with Gasteiger partial charge in [0.15, 0.2) is 0 Å². The van der Waals surface area contributed by atoms with Gasteiger partial charge in [-0.2, -0.15) is 0 Å². The number of ether oxygens (including phenoxy) is 1. The van der Waals surface area contributed by atoms with E-state index < -0.39 is 38.4 Å². The molecule has 0 saturated heterocycles. The first-order chi connectivity index (χ1) is 9.32. The number of rotatable bonds is 12. The summed E-state index contributed by atoms with van der Waals surface area (Å²) in [7, 11) is 0. The van der Waals surface area contributed by atoms with Crippen LogP contribution in [0.3, 0.4) is 0 Å². The topological polar surface area (TPSA) is 95.9 Å². The number of alkyl halides is 3. The van der Waals surface area contributed by atoms with E-state index in [1.807, 2.05) is 0 Å². The van der Waals surface area contributed by atoms with Crippen LogP contribution in [0.15, 0.2) is 0 Å². The fraction of sp³-hybridized carbons (Fsp3) is 1.00. The monoisotopic (exact) mass is 405 g/mol. The number of aliphatic hydroxyl groups excluding tert-OH is 2. The van der Waals surface area contributed by atoms with Crippen molar-refractivity contribution in [3.63, 3.8) is 0 Å². The summed E-state index contributed by atoms with van der Waals surface area (Å²) in [6, 6.07) is -0.729. The van der Waals surface area contributed by atoms with Crippen LogP contribution in [0.4, 0.5) is 0 Å². The van der Waals surface area contributed by atoms with Crippen molar-refractivity contribution in [2.45, 2.75) is 57.6 Å². The van der Waals surface area contributed by atoms with Crippen molar-refractivity contribution in [2.24, 2.45) is 11.7 Å². The summed E-state index contributed by atoms with van der Waals surface area (Å²) in [4.78, 5) is 4.78. The minimum Gasteiger partial charge on any atom is -0.367 e. The minimum absolute atomic E-state index is 0.326. The molecule has 0 saturated carbocycles. The van der Waals surface area contributed by atoms with Crippen LogP contribution >= 0.6 is 19.8 Å². The molecule has 0 rings (SSSR count). The van der Waals surface area contributed by atoms with Crippen LogP contribution in [0.2, 0.25) is 0 Å². The molecule has 3 unspecified atom stereocenters. The Hall–Kier alpha value is 0.530. The summed E-state index contributed by atoms with van der Waals surface area (Å²) in [6.07, 6.45) is 1.75. The molecule has 3 atom stereocenters. The SMILES string of the molecule is CC(CCCI(C)C)CCOC(O)CCC(N)C(O)O. The zero-order valence-electron chi connectivity index (χ0n) is 13.0. The molecule has 5 N–H and O–H groups in total. The van der Waals surface area contributed by atoms with Crippen molar-refractivity contribution in [3.8, 4) is 0 Å². The molecule has 0 radical (unpaired) electrons. The van der Waals surface area contributed by atoms with Crippen LogP contribution in [0.1, 0.15) is 39.0 Å². The average molecular weight is 405 g/mol. The fourth-order valence-electron chi connectivity index (χ4n) is 1.81. The second-order valence-electron chi connectivity index (χ2n) is 5.62. The Balaban J connectivity index is 3.52. The molecule has 0 aliphatic heterocycles. The number of halogens is 1. The number of nitrogens with two attached hydrogens (primary N) is 1. The molecular formula is C14H32INO4. The Labute approximate surface area is 130 Å². The molecule has 6 heteroatoms. The first kappa shape index (κ1) is 20.5. The van der Waals surface area contributed by atoms with Gasteiger partial charge in [-0.3, -0.25) is 0 Å². The van der Waals surface area contributed by atoms with Gasteiger partial charge in [0.25, 0.3) is 0 Å². The van der Waals surface area contributed by atoms with Crippen molar-refractivity contribution in [3.05, 3.63) is 0 Å². The van der Waals surface area contributed by atoms with Crippen molar-refractivity contribution < 1.29 is 20.1 Å². The molecule has 0 amide bonds. The zero-order valence-corrected chi connectivity index (χ0v) is 15.1. The zero-order chi connectivity index (χ0) is 15.5. The molecule has 0 aliphatic rings. The smallest absolute Gasteiger partial charge is 0.367 e. The van der Waals surface area contributed by atoms with Gasteiger partial charge in [0, 0.05) is 0 Å². The maximum absolute atomic E-state index is 9.61. The average Bonchev–Trinajstić information content (AvgIpc) is 2.35. The van der Waals surface area contributed by atoms with E-state index in [1.165, 1.54) is 17.3 Å². The fourth-order valence-corrected chi connectivity index (χ4v) is 3.78. The molecule has 0 aromatic heterocycles. The predicted octanol–water partition coefficient (Wildman–Crippen LogP) is 1.31. The van der Waals surface area contributed by atoms with E-state index in [9.17, 15) is 5.11 Å². The predicted molar refractivity (Wildman–Crippen MR) is 91.1 cm³/mol. The molecule has 0 spiro atoms. The second-order valence-corrected chi connectivity index (χ2v) is 11.9. The Bertz CT molecular complexity index is 229. The summed E-state index contributed by atoms with van der Waals surface area (Å²) in [6.45, 7) is 2.76. The van der Waals surface area contributed by atoms with E-state index in [4.69, 9.17) is 20.7 Å².